The standard InChI is InChI=1S/C20H25N3O2S2/c1-5-6-7-8-13-11-22-18(26-13)16-14-9-10-23(12-15(14)27-17(16)21)19(24)25-20(2,3)4/h5-8H,1,9-12,21H2,2-4H3/b7-6-,13-8+. The number of nitrogen functional groups attached to an aromatic ring is 1. The van der Waals surface area contributed by atoms with Gasteiger partial charge in [0.1, 0.15) is 10.6 Å². The SMILES string of the molecule is C=C/C=C\C=C1/CN=C(c2c(N)sc3c2CCN(C(=O)OC(C)(C)C)C3)S1. The van der Waals surface area contributed by atoms with Crippen molar-refractivity contribution in [1.29, 1.82) is 0 Å². The minimum absolute atomic E-state index is 0.270. The number of anilines is 1. The molecule has 0 fully saturated rings. The van der Waals surface area contributed by atoms with Crippen LogP contribution in [0, 0.1) is 0 Å². The lowest BCUT2D eigenvalue weighted by atomic mass is 10.0. The average molecular weight is 404 g/mol. The van der Waals surface area contributed by atoms with Crippen LogP contribution in [-0.2, 0) is 17.7 Å². The van der Waals surface area contributed by atoms with Gasteiger partial charge in [0.25, 0.3) is 0 Å². The zero-order chi connectivity index (χ0) is 19.6. The van der Waals surface area contributed by atoms with Gasteiger partial charge >= 0.3 is 6.09 Å². The largest absolute Gasteiger partial charge is 0.444 e. The summed E-state index contributed by atoms with van der Waals surface area (Å²) in [4.78, 5) is 21.1. The number of hydrogen-bond donors (Lipinski definition) is 1. The molecule has 2 N–H and O–H groups in total. The van der Waals surface area contributed by atoms with Gasteiger partial charge in [-0.05, 0) is 32.8 Å². The molecule has 0 radical (unpaired) electrons. The molecule has 3 rings (SSSR count). The summed E-state index contributed by atoms with van der Waals surface area (Å²) in [5, 5.41) is 1.76. The number of carbonyl (C=O) groups is 1. The predicted octanol–water partition coefficient (Wildman–Crippen LogP) is 4.74. The Hall–Kier alpha value is -1.99. The molecule has 0 saturated heterocycles. The highest BCUT2D eigenvalue weighted by Crippen LogP contribution is 2.41. The second-order valence-electron chi connectivity index (χ2n) is 7.37. The fourth-order valence-electron chi connectivity index (χ4n) is 2.94. The molecule has 1 aromatic heterocycles. The van der Waals surface area contributed by atoms with E-state index in [1.54, 1.807) is 34.1 Å². The van der Waals surface area contributed by atoms with Crippen molar-refractivity contribution in [2.45, 2.75) is 39.3 Å². The molecule has 27 heavy (non-hydrogen) atoms. The minimum atomic E-state index is -0.491. The Morgan fingerprint density at radius 2 is 2.15 bits per heavy atom. The van der Waals surface area contributed by atoms with E-state index in [2.05, 4.69) is 17.6 Å². The number of aliphatic imine (C=N–C) groups is 1. The minimum Gasteiger partial charge on any atom is -0.444 e. The first-order valence-electron chi connectivity index (χ1n) is 8.87. The number of allylic oxidation sites excluding steroid dienone is 4. The molecule has 0 aromatic carbocycles. The van der Waals surface area contributed by atoms with Gasteiger partial charge in [0.05, 0.1) is 18.1 Å². The maximum absolute atomic E-state index is 12.4. The first kappa shape index (κ1) is 19.8. The molecule has 5 nitrogen and oxygen atoms in total. The zero-order valence-electron chi connectivity index (χ0n) is 15.9. The summed E-state index contributed by atoms with van der Waals surface area (Å²) in [6, 6.07) is 0. The van der Waals surface area contributed by atoms with Crippen molar-refractivity contribution in [2.75, 3.05) is 18.8 Å². The van der Waals surface area contributed by atoms with Crippen molar-refractivity contribution in [3.63, 3.8) is 0 Å². The molecule has 7 heteroatoms. The first-order valence-corrected chi connectivity index (χ1v) is 10.5. The van der Waals surface area contributed by atoms with Crippen LogP contribution in [0.4, 0.5) is 9.80 Å². The Bertz CT molecular complexity index is 844. The quantitative estimate of drug-likeness (QED) is 0.740. The van der Waals surface area contributed by atoms with E-state index in [1.807, 2.05) is 32.9 Å². The van der Waals surface area contributed by atoms with Crippen LogP contribution in [0.5, 0.6) is 0 Å². The molecule has 2 aliphatic rings. The third-order valence-corrected chi connectivity index (χ3v) is 6.19. The highest BCUT2D eigenvalue weighted by Gasteiger charge is 2.31. The number of ether oxygens (including phenoxy) is 1. The number of fused-ring (bicyclic) bond motifs is 1. The molecule has 0 spiro atoms. The molecule has 2 aliphatic heterocycles. The molecule has 0 atom stereocenters. The van der Waals surface area contributed by atoms with Gasteiger partial charge in [0.2, 0.25) is 0 Å². The average Bonchev–Trinajstić information content (AvgIpc) is 3.15. The van der Waals surface area contributed by atoms with E-state index < -0.39 is 5.60 Å². The first-order chi connectivity index (χ1) is 12.8. The van der Waals surface area contributed by atoms with Crippen LogP contribution < -0.4 is 5.73 Å². The van der Waals surface area contributed by atoms with E-state index in [0.29, 0.717) is 19.6 Å². The van der Waals surface area contributed by atoms with Crippen LogP contribution >= 0.6 is 23.1 Å². The fraction of sp³-hybridized carbons (Fsp3) is 0.400. The third-order valence-electron chi connectivity index (χ3n) is 4.09. The number of thioether (sulfide) groups is 1. The summed E-state index contributed by atoms with van der Waals surface area (Å²) < 4.78 is 5.50. The van der Waals surface area contributed by atoms with Crippen LogP contribution in [0.2, 0.25) is 0 Å². The van der Waals surface area contributed by atoms with Crippen LogP contribution in [0.1, 0.15) is 36.8 Å². The summed E-state index contributed by atoms with van der Waals surface area (Å²) in [7, 11) is 0. The summed E-state index contributed by atoms with van der Waals surface area (Å²) in [5.41, 5.74) is 8.13. The fourth-order valence-corrected chi connectivity index (χ4v) is 5.13. The van der Waals surface area contributed by atoms with Gasteiger partial charge in [-0.25, -0.2) is 4.79 Å². The Balaban J connectivity index is 1.75. The molecule has 3 heterocycles. The van der Waals surface area contributed by atoms with Crippen LogP contribution in [0.3, 0.4) is 0 Å². The maximum atomic E-state index is 12.4. The van der Waals surface area contributed by atoms with Crippen molar-refractivity contribution in [3.8, 4) is 0 Å². The number of amides is 1. The highest BCUT2D eigenvalue weighted by atomic mass is 32.2. The zero-order valence-corrected chi connectivity index (χ0v) is 17.6. The highest BCUT2D eigenvalue weighted by molar-refractivity contribution is 8.18. The molecule has 0 aliphatic carbocycles. The van der Waals surface area contributed by atoms with Crippen LogP contribution in [0.25, 0.3) is 0 Å². The molecular weight excluding hydrogens is 378 g/mol. The topological polar surface area (TPSA) is 67.9 Å². The van der Waals surface area contributed by atoms with Gasteiger partial charge in [-0.3, -0.25) is 4.99 Å². The second-order valence-corrected chi connectivity index (χ2v) is 9.62. The lowest BCUT2D eigenvalue weighted by molar-refractivity contribution is 0.0226. The van der Waals surface area contributed by atoms with Gasteiger partial charge < -0.3 is 15.4 Å². The Morgan fingerprint density at radius 1 is 1.37 bits per heavy atom. The number of nitrogens with zero attached hydrogens (tertiary/aromatic N) is 2. The van der Waals surface area contributed by atoms with Crippen molar-refractivity contribution in [1.82, 2.24) is 4.90 Å². The monoisotopic (exact) mass is 403 g/mol. The summed E-state index contributed by atoms with van der Waals surface area (Å²) in [5.74, 6) is 0. The molecule has 144 valence electrons. The lowest BCUT2D eigenvalue weighted by Gasteiger charge is -2.30. The second kappa shape index (κ2) is 7.94. The van der Waals surface area contributed by atoms with Gasteiger partial charge in [0, 0.05) is 21.9 Å². The number of nitrogens with two attached hydrogens (primary N) is 1. The Labute approximate surface area is 168 Å². The van der Waals surface area contributed by atoms with Crippen molar-refractivity contribution < 1.29 is 9.53 Å². The maximum Gasteiger partial charge on any atom is 0.410 e. The number of carbonyl (C=O) groups excluding carboxylic acids is 1. The lowest BCUT2D eigenvalue weighted by Crippen LogP contribution is -2.39. The summed E-state index contributed by atoms with van der Waals surface area (Å²) in [6.45, 7) is 11.2. The summed E-state index contributed by atoms with van der Waals surface area (Å²) >= 11 is 3.22. The molecule has 1 amide bonds. The predicted molar refractivity (Wildman–Crippen MR) is 115 cm³/mol. The van der Waals surface area contributed by atoms with E-state index >= 15 is 0 Å². The molecule has 0 unspecified atom stereocenters. The number of rotatable bonds is 3. The third kappa shape index (κ3) is 4.65. The van der Waals surface area contributed by atoms with Gasteiger partial charge in [-0.15, -0.1) is 11.3 Å². The van der Waals surface area contributed by atoms with Crippen molar-refractivity contribution in [2.24, 2.45) is 4.99 Å². The Kier molecular flexibility index (Phi) is 5.81. The number of hydrogen-bond acceptors (Lipinski definition) is 6. The van der Waals surface area contributed by atoms with Crippen LogP contribution in [-0.4, -0.2) is 34.7 Å². The Morgan fingerprint density at radius 3 is 2.85 bits per heavy atom. The van der Waals surface area contributed by atoms with Gasteiger partial charge in [-0.1, -0.05) is 42.6 Å². The van der Waals surface area contributed by atoms with E-state index in [0.717, 1.165) is 26.9 Å². The van der Waals surface area contributed by atoms with E-state index in [1.165, 1.54) is 10.5 Å². The van der Waals surface area contributed by atoms with Crippen molar-refractivity contribution in [3.05, 3.63) is 51.8 Å². The summed E-state index contributed by atoms with van der Waals surface area (Å²) in [6.07, 6.45) is 8.18. The van der Waals surface area contributed by atoms with Gasteiger partial charge in [-0.2, -0.15) is 0 Å². The normalized spacial score (nSPS) is 18.7. The molecule has 0 saturated carbocycles. The smallest absolute Gasteiger partial charge is 0.410 e. The van der Waals surface area contributed by atoms with E-state index in [9.17, 15) is 4.79 Å². The van der Waals surface area contributed by atoms with Crippen LogP contribution in [0.15, 0.2) is 40.8 Å². The van der Waals surface area contributed by atoms with Gasteiger partial charge in [0.15, 0.2) is 0 Å². The molecule has 1 aromatic rings. The molecular formula is C20H25N3O2S2. The van der Waals surface area contributed by atoms with E-state index in [-0.39, 0.29) is 6.09 Å². The number of thiophene rings is 1. The molecule has 0 bridgehead atoms. The van der Waals surface area contributed by atoms with E-state index in [4.69, 9.17) is 10.5 Å². The van der Waals surface area contributed by atoms with Crippen molar-refractivity contribution >= 4 is 39.2 Å².